The maximum absolute atomic E-state index is 11.3. The third-order valence-electron chi connectivity index (χ3n) is 17.5. The van der Waals surface area contributed by atoms with Gasteiger partial charge in [-0.3, -0.25) is 14.8 Å². The predicted octanol–water partition coefficient (Wildman–Crippen LogP) is 25.7. The summed E-state index contributed by atoms with van der Waals surface area (Å²) in [6.45, 7) is 9.64. The zero-order valence-electron chi connectivity index (χ0n) is 67.4. The standard InChI is InChI=1S/C25H21NO4.C24H20N2O4.C16H14N2O.C11H10O.C8H9NO3.C6H7NO.2CH2I2.CH3I.CH4.2HI.V/c1-16-7-10-23(21-6-4-3-5-20(16)21)30-19-11-12-26-18(15-19)13-17-8-9-22(25(27)28)24(14-17)29-2;1-29-23-13-15(6-7-20(23)24(27)28)12-16-14-17(10-11-26-16)30-22-9-8-21(25)18-4-2-3-5-19(18)22;1-11-7-8-15(14-6-4-3-5-13(11)14)19-16-9-10-17-12(2)18-16;1-8-6-7-11(12)10-5-3-2-4-9(8)10;9-6-1-2-7(8(11)12)5(3-6)4-10;1-5-2-3-7-6(8)4-5;2*2-1-3;1-2;;;;/h3-12,14-15H,13H2,1-2H3,(H,27,28);2-11,13-14H,12,25H2,1H3,(H,27,28);3-10H,1-2H3;2-7,12H,1H3;1-3,10H,4,9H2,(H,11,12);2-4H,1H3,(H,7,8);2*1H2;1H3;1H4;2*1H;/q;;;;;;;;;;;;+2/p-2. The van der Waals surface area contributed by atoms with Crippen molar-refractivity contribution >= 4 is 225 Å². The van der Waals surface area contributed by atoms with Gasteiger partial charge in [-0.1, -0.05) is 248 Å². The Balaban J connectivity index is 0.000000268. The molecule has 15 rings (SSSR count). The molecule has 21 nitrogen and oxygen atoms in total. The Labute approximate surface area is 812 Å². The van der Waals surface area contributed by atoms with Crippen molar-refractivity contribution in [2.75, 3.05) is 35.5 Å². The molecule has 0 aliphatic heterocycles. The Morgan fingerprint density at radius 3 is 1.24 bits per heavy atom. The van der Waals surface area contributed by atoms with Gasteiger partial charge in [-0.2, -0.15) is 4.98 Å². The van der Waals surface area contributed by atoms with E-state index in [0.717, 1.165) is 77.3 Å². The third-order valence-corrected chi connectivity index (χ3v) is 17.5. The monoisotopic (exact) mass is 2480 g/mol. The van der Waals surface area contributed by atoms with E-state index in [1.807, 2.05) is 153 Å². The first-order valence-corrected chi connectivity index (χ1v) is 53.9. The number of benzene rings is 11. The molecule has 4 heterocycles. The molecule has 15 aromatic rings. The number of aliphatic hydroxyl groups is 1. The van der Waals surface area contributed by atoms with E-state index in [1.165, 1.54) is 65.4 Å². The van der Waals surface area contributed by atoms with E-state index < -0.39 is 17.9 Å². The molecule has 0 aliphatic rings. The first kappa shape index (κ1) is 105. The summed E-state index contributed by atoms with van der Waals surface area (Å²) in [5.41, 5.74) is 21.3. The zero-order chi connectivity index (χ0) is 89.2. The SMILES string of the molecule is C.CI.COc1cc(Cc2cc(Oc3ccc(C)c4ccccc34)ccn2)ccc1C(=O)O.COc1cc(Cc2cc(Oc3ccc(N)c4ccccc34)ccn2)ccc1C(=O)O.Cc1cc[nH]c(=O)c1.Cc1ccc(O)c2ccccc12.Cc1nccc(Oc2ccc(C)c3ccccc23)n1.ICI.ICI.Nc1ccc(C(=O)O)c(CO)c1.[I][V][I]. The number of nitrogens with zero attached hydrogens (tertiary/aromatic N) is 4. The molecule has 4 aromatic heterocycles. The normalized spacial score (nSPS) is 9.89. The topological polar surface area (TPSA) is 335 Å². The number of aliphatic hydroxyl groups excluding tert-OH is 1. The van der Waals surface area contributed by atoms with Crippen LogP contribution < -0.4 is 40.7 Å². The van der Waals surface area contributed by atoms with Crippen LogP contribution in [0.2, 0.25) is 0 Å². The Kier molecular flexibility index (Phi) is 47.9. The number of aromatic hydroxyl groups is 1. The van der Waals surface area contributed by atoms with Gasteiger partial charge in [0.15, 0.2) is 0 Å². The molecule has 0 saturated heterocycles. The summed E-state index contributed by atoms with van der Waals surface area (Å²) < 4.78 is 31.0. The van der Waals surface area contributed by atoms with Gasteiger partial charge in [-0.05, 0) is 186 Å². The molecule has 0 spiro atoms. The van der Waals surface area contributed by atoms with Crippen LogP contribution in [0.4, 0.5) is 11.4 Å². The maximum atomic E-state index is 11.3. The fraction of sp³-hybridized carbons (Fsp3) is 0.149. The van der Waals surface area contributed by atoms with Crippen LogP contribution in [0.3, 0.4) is 0 Å². The van der Waals surface area contributed by atoms with Crippen molar-refractivity contribution in [1.29, 1.82) is 0 Å². The number of pyridine rings is 3. The summed E-state index contributed by atoms with van der Waals surface area (Å²) in [4.78, 5) is 65.2. The van der Waals surface area contributed by atoms with Crippen LogP contribution in [0, 0.1) is 34.6 Å². The molecule has 123 heavy (non-hydrogen) atoms. The number of nitrogens with two attached hydrogens (primary N) is 2. The Hall–Kier alpha value is -8.75. The van der Waals surface area contributed by atoms with Crippen molar-refractivity contribution in [2.24, 2.45) is 0 Å². The van der Waals surface area contributed by atoms with E-state index in [4.69, 9.17) is 45.4 Å². The summed E-state index contributed by atoms with van der Waals surface area (Å²) in [5, 5.41) is 53.8. The number of aromatic amines is 1. The van der Waals surface area contributed by atoms with Crippen molar-refractivity contribution in [2.45, 2.75) is 61.5 Å². The number of aromatic nitrogens is 5. The first-order valence-electron chi connectivity index (χ1n) is 36.7. The molecule has 0 amide bonds. The van der Waals surface area contributed by atoms with Gasteiger partial charge >= 0.3 is 67.3 Å². The summed E-state index contributed by atoms with van der Waals surface area (Å²) in [7, 11) is 3.54. The number of halogens is 7. The van der Waals surface area contributed by atoms with Crippen molar-refractivity contribution in [3.8, 4) is 51.9 Å². The molecule has 29 heteroatoms. The second kappa shape index (κ2) is 56.3. The van der Waals surface area contributed by atoms with Crippen LogP contribution in [-0.4, -0.2) is 92.4 Å². The summed E-state index contributed by atoms with van der Waals surface area (Å²) >= 11 is 16.0. The number of carboxylic acids is 3. The number of hydrogen-bond acceptors (Lipinski definition) is 17. The fourth-order valence-electron chi connectivity index (χ4n) is 11.9. The number of aryl methyl sites for hydroxylation is 5. The predicted molar refractivity (Wildman–Crippen MR) is 553 cm³/mol. The van der Waals surface area contributed by atoms with Gasteiger partial charge in [0.05, 0.1) is 31.3 Å². The van der Waals surface area contributed by atoms with E-state index in [9.17, 15) is 34.5 Å². The number of nitrogen functional groups attached to an aromatic ring is 2. The number of carboxylic acid groups (broad SMARTS) is 3. The molecule has 0 fully saturated rings. The number of carbonyl (C=O) groups is 3. The second-order valence-corrected chi connectivity index (χ2v) is 46.3. The Morgan fingerprint density at radius 1 is 0.447 bits per heavy atom. The molecule has 0 unspecified atom stereocenters. The van der Waals surface area contributed by atoms with Crippen LogP contribution in [-0.2, 0) is 28.9 Å². The number of phenols is 1. The van der Waals surface area contributed by atoms with Gasteiger partial charge in [-0.15, -0.1) is 0 Å². The Bertz CT molecular complexity index is 5760. The molecule has 0 atom stereocenters. The molecule has 11 aromatic carbocycles. The van der Waals surface area contributed by atoms with Crippen molar-refractivity contribution < 1.29 is 73.1 Å². The molecule has 0 radical (unpaired) electrons. The minimum absolute atomic E-state index is 0. The molecule has 0 saturated carbocycles. The second-order valence-electron chi connectivity index (χ2n) is 25.6. The van der Waals surface area contributed by atoms with Gasteiger partial charge in [0.2, 0.25) is 11.4 Å². The van der Waals surface area contributed by atoms with E-state index in [1.54, 1.807) is 79.4 Å². The number of H-pyrrole nitrogens is 1. The molecular weight excluding hydrogens is 2390 g/mol. The summed E-state index contributed by atoms with van der Waals surface area (Å²) in [6.07, 6.45) is 7.78. The zero-order valence-corrected chi connectivity index (χ0v) is 83.9. The number of aromatic carboxylic acids is 3. The average Bonchev–Trinajstić information content (AvgIpc) is 0.820. The Morgan fingerprint density at radius 2 is 0.837 bits per heavy atom. The number of rotatable bonds is 16. The number of alkyl halides is 5. The van der Waals surface area contributed by atoms with Gasteiger partial charge < -0.3 is 65.7 Å². The van der Waals surface area contributed by atoms with Crippen molar-refractivity contribution in [3.05, 3.63) is 351 Å². The summed E-state index contributed by atoms with van der Waals surface area (Å²) in [5.74, 6) is 2.86. The molecule has 0 bridgehead atoms. The van der Waals surface area contributed by atoms with Crippen LogP contribution >= 0.6 is 153 Å². The summed E-state index contributed by atoms with van der Waals surface area (Å²) in [6, 6.07) is 74.4. The van der Waals surface area contributed by atoms with Gasteiger partial charge in [0, 0.05) is 112 Å². The number of methoxy groups -OCH3 is 2. The number of fused-ring (bicyclic) bond motifs is 4. The molecule has 641 valence electrons. The van der Waals surface area contributed by atoms with E-state index in [-0.39, 0.29) is 36.3 Å². The van der Waals surface area contributed by atoms with Gasteiger partial charge in [0.1, 0.15) is 62.9 Å². The number of nitrogens with one attached hydrogen (secondary N) is 1. The molecule has 10 N–H and O–H groups in total. The average molecular weight is 2480 g/mol. The van der Waals surface area contributed by atoms with E-state index in [2.05, 4.69) is 228 Å². The van der Waals surface area contributed by atoms with Gasteiger partial charge in [-0.25, -0.2) is 19.4 Å². The van der Waals surface area contributed by atoms with Crippen molar-refractivity contribution in [3.63, 3.8) is 0 Å². The van der Waals surface area contributed by atoms with Gasteiger partial charge in [0.25, 0.3) is 0 Å². The number of ether oxygens (including phenoxy) is 5. The fourth-order valence-corrected chi connectivity index (χ4v) is 11.9. The van der Waals surface area contributed by atoms with Crippen molar-refractivity contribution in [1.82, 2.24) is 24.9 Å². The number of anilines is 2. The van der Waals surface area contributed by atoms with Crippen LogP contribution in [0.25, 0.3) is 43.1 Å². The molecular formula is C94H92I7N7O14V. The quantitative estimate of drug-likeness (QED) is 0.0253. The van der Waals surface area contributed by atoms with Crippen LogP contribution in [0.15, 0.2) is 272 Å². The minimum atomic E-state index is -1.06. The number of hydrogen-bond donors (Lipinski definition) is 8. The third kappa shape index (κ3) is 33.6. The van der Waals surface area contributed by atoms with Crippen LogP contribution in [0.1, 0.15) is 94.7 Å². The van der Waals surface area contributed by atoms with Crippen LogP contribution in [0.5, 0.6) is 51.9 Å². The first-order chi connectivity index (χ1) is 58.8. The number of phenolic OH excluding ortho intramolecular Hbond substituents is 1. The van der Waals surface area contributed by atoms with E-state index in [0.29, 0.717) is 85.4 Å². The molecule has 0 aliphatic carbocycles. The van der Waals surface area contributed by atoms with E-state index >= 15 is 0 Å².